The molecule has 2 N–H and O–H groups in total. The molecule has 1 aromatic carbocycles. The van der Waals surface area contributed by atoms with Crippen LogP contribution in [0, 0.1) is 15.9 Å². The summed E-state index contributed by atoms with van der Waals surface area (Å²) in [6.45, 7) is 1.57. The van der Waals surface area contributed by atoms with Gasteiger partial charge in [-0.15, -0.1) is 0 Å². The molecule has 1 heterocycles. The van der Waals surface area contributed by atoms with Crippen LogP contribution in [-0.2, 0) is 12.6 Å². The predicted molar refractivity (Wildman–Crippen MR) is 84.9 cm³/mol. The maximum Gasteiger partial charge on any atom is 0.424 e. The van der Waals surface area contributed by atoms with Crippen molar-refractivity contribution < 1.29 is 32.0 Å². The number of primary amides is 1. The van der Waals surface area contributed by atoms with E-state index in [2.05, 4.69) is 4.98 Å². The van der Waals surface area contributed by atoms with Crippen LogP contribution in [0.25, 0.3) is 0 Å². The van der Waals surface area contributed by atoms with Crippen molar-refractivity contribution >= 4 is 11.6 Å². The van der Waals surface area contributed by atoms with E-state index in [9.17, 15) is 32.5 Å². The molecule has 0 fully saturated rings. The van der Waals surface area contributed by atoms with Crippen molar-refractivity contribution in [3.63, 3.8) is 0 Å². The summed E-state index contributed by atoms with van der Waals surface area (Å²) < 4.78 is 60.4. The Labute approximate surface area is 149 Å². The van der Waals surface area contributed by atoms with E-state index in [4.69, 9.17) is 10.5 Å². The van der Waals surface area contributed by atoms with Crippen LogP contribution in [0.2, 0.25) is 0 Å². The Bertz CT molecular complexity index is 886. The third-order valence-corrected chi connectivity index (χ3v) is 3.52. The molecule has 0 aliphatic rings. The SMILES string of the molecule is CCCc1c(F)c(C(N)=O)c(C(F)(F)F)c([N+](=O)[O-])c1Oc1ccccn1. The lowest BCUT2D eigenvalue weighted by molar-refractivity contribution is -0.389. The Kier molecular flexibility index (Phi) is 5.62. The normalized spacial score (nSPS) is 11.3. The lowest BCUT2D eigenvalue weighted by Crippen LogP contribution is -2.24. The summed E-state index contributed by atoms with van der Waals surface area (Å²) in [5.41, 5.74) is -0.941. The number of benzene rings is 1. The Hall–Kier alpha value is -3.24. The first-order valence-corrected chi connectivity index (χ1v) is 7.58. The van der Waals surface area contributed by atoms with Gasteiger partial charge in [0.25, 0.3) is 5.91 Å². The number of hydrogen-bond donors (Lipinski definition) is 1. The first-order chi connectivity index (χ1) is 12.6. The number of ether oxygens (including phenoxy) is 1. The number of rotatable bonds is 6. The molecule has 2 aromatic rings. The van der Waals surface area contributed by atoms with Crippen LogP contribution >= 0.6 is 0 Å². The Morgan fingerprint density at radius 1 is 1.37 bits per heavy atom. The Morgan fingerprint density at radius 3 is 2.48 bits per heavy atom. The van der Waals surface area contributed by atoms with E-state index in [1.807, 2.05) is 0 Å². The van der Waals surface area contributed by atoms with Gasteiger partial charge < -0.3 is 10.5 Å². The van der Waals surface area contributed by atoms with Crippen LogP contribution in [0.5, 0.6) is 11.6 Å². The number of nitrogens with zero attached hydrogens (tertiary/aromatic N) is 2. The molecule has 11 heteroatoms. The molecule has 0 aliphatic carbocycles. The van der Waals surface area contributed by atoms with E-state index >= 15 is 0 Å². The third kappa shape index (κ3) is 3.96. The zero-order chi connectivity index (χ0) is 20.4. The topological polar surface area (TPSA) is 108 Å². The molecule has 1 amide bonds. The van der Waals surface area contributed by atoms with Crippen molar-refractivity contribution in [2.75, 3.05) is 0 Å². The highest BCUT2D eigenvalue weighted by molar-refractivity contribution is 5.97. The van der Waals surface area contributed by atoms with Gasteiger partial charge in [-0.3, -0.25) is 14.9 Å². The first-order valence-electron chi connectivity index (χ1n) is 7.58. The number of pyridine rings is 1. The maximum atomic E-state index is 14.8. The van der Waals surface area contributed by atoms with Crippen LogP contribution in [0.3, 0.4) is 0 Å². The summed E-state index contributed by atoms with van der Waals surface area (Å²) in [5.74, 6) is -4.62. The minimum atomic E-state index is -5.43. The zero-order valence-corrected chi connectivity index (χ0v) is 13.8. The number of aromatic nitrogens is 1. The smallest absolute Gasteiger partial charge is 0.424 e. The fourth-order valence-corrected chi connectivity index (χ4v) is 2.51. The average molecular weight is 387 g/mol. The van der Waals surface area contributed by atoms with Gasteiger partial charge in [0.2, 0.25) is 11.6 Å². The Balaban J connectivity index is 2.96. The highest BCUT2D eigenvalue weighted by atomic mass is 19.4. The van der Waals surface area contributed by atoms with Crippen LogP contribution in [0.1, 0.15) is 34.8 Å². The molecule has 27 heavy (non-hydrogen) atoms. The second-order valence-electron chi connectivity index (χ2n) is 5.36. The van der Waals surface area contributed by atoms with Crippen LogP contribution in [0.15, 0.2) is 24.4 Å². The quantitative estimate of drug-likeness (QED) is 0.458. The number of carbonyl (C=O) groups is 1. The molecular formula is C16H13F4N3O4. The lowest BCUT2D eigenvalue weighted by Gasteiger charge is -2.18. The highest BCUT2D eigenvalue weighted by Crippen LogP contribution is 2.48. The van der Waals surface area contributed by atoms with E-state index in [1.165, 1.54) is 24.4 Å². The monoisotopic (exact) mass is 387 g/mol. The molecule has 0 atom stereocenters. The molecule has 7 nitrogen and oxygen atoms in total. The molecule has 0 saturated heterocycles. The second-order valence-corrected chi connectivity index (χ2v) is 5.36. The van der Waals surface area contributed by atoms with Crippen LogP contribution in [-0.4, -0.2) is 15.8 Å². The van der Waals surface area contributed by atoms with Gasteiger partial charge in [-0.1, -0.05) is 19.4 Å². The molecule has 1 aromatic heterocycles. The van der Waals surface area contributed by atoms with E-state index in [-0.39, 0.29) is 18.7 Å². The fourth-order valence-electron chi connectivity index (χ4n) is 2.51. The molecular weight excluding hydrogens is 374 g/mol. The van der Waals surface area contributed by atoms with Crippen molar-refractivity contribution in [3.8, 4) is 11.6 Å². The van der Waals surface area contributed by atoms with Crippen molar-refractivity contribution in [1.82, 2.24) is 4.98 Å². The zero-order valence-electron chi connectivity index (χ0n) is 13.8. The molecule has 0 aliphatic heterocycles. The molecule has 0 bridgehead atoms. The number of nitro benzene ring substituents is 1. The van der Waals surface area contributed by atoms with Crippen molar-refractivity contribution in [1.29, 1.82) is 0 Å². The van der Waals surface area contributed by atoms with E-state index in [0.29, 0.717) is 0 Å². The van der Waals surface area contributed by atoms with E-state index in [1.54, 1.807) is 6.92 Å². The van der Waals surface area contributed by atoms with Gasteiger partial charge in [0.05, 0.1) is 10.5 Å². The van der Waals surface area contributed by atoms with E-state index in [0.717, 1.165) is 0 Å². The summed E-state index contributed by atoms with van der Waals surface area (Å²) >= 11 is 0. The summed E-state index contributed by atoms with van der Waals surface area (Å²) in [7, 11) is 0. The summed E-state index contributed by atoms with van der Waals surface area (Å²) in [6, 6.07) is 4.13. The summed E-state index contributed by atoms with van der Waals surface area (Å²) in [4.78, 5) is 25.3. The second kappa shape index (κ2) is 7.56. The first kappa shape index (κ1) is 20.1. The largest absolute Gasteiger partial charge is 0.431 e. The highest BCUT2D eigenvalue weighted by Gasteiger charge is 2.47. The number of nitro groups is 1. The molecule has 0 saturated carbocycles. The number of alkyl halides is 3. The van der Waals surface area contributed by atoms with Gasteiger partial charge in [0.15, 0.2) is 5.56 Å². The minimum Gasteiger partial charge on any atom is -0.431 e. The number of nitrogens with two attached hydrogens (primary N) is 1. The van der Waals surface area contributed by atoms with Crippen molar-refractivity contribution in [2.45, 2.75) is 25.9 Å². The molecule has 2 rings (SSSR count). The van der Waals surface area contributed by atoms with Gasteiger partial charge in [0, 0.05) is 17.8 Å². The number of halogens is 4. The molecule has 0 spiro atoms. The summed E-state index contributed by atoms with van der Waals surface area (Å²) in [6.07, 6.45) is -4.22. The van der Waals surface area contributed by atoms with Gasteiger partial charge in [-0.25, -0.2) is 9.37 Å². The number of carbonyl (C=O) groups excluding carboxylic acids is 1. The van der Waals surface area contributed by atoms with Gasteiger partial charge in [0.1, 0.15) is 5.82 Å². The summed E-state index contributed by atoms with van der Waals surface area (Å²) in [5, 5.41) is 11.5. The number of hydrogen-bond acceptors (Lipinski definition) is 5. The molecule has 144 valence electrons. The lowest BCUT2D eigenvalue weighted by atomic mass is 9.95. The van der Waals surface area contributed by atoms with Gasteiger partial charge in [-0.2, -0.15) is 13.2 Å². The fraction of sp³-hybridized carbons (Fsp3) is 0.250. The molecule has 0 unspecified atom stereocenters. The third-order valence-electron chi connectivity index (χ3n) is 3.52. The number of amides is 1. The minimum absolute atomic E-state index is 0.205. The van der Waals surface area contributed by atoms with Gasteiger partial charge >= 0.3 is 11.9 Å². The maximum absolute atomic E-state index is 14.8. The predicted octanol–water partition coefficient (Wildman–Crippen LogP) is 3.99. The molecule has 0 radical (unpaired) electrons. The van der Waals surface area contributed by atoms with Crippen molar-refractivity contribution in [2.24, 2.45) is 5.73 Å². The van der Waals surface area contributed by atoms with E-state index < -0.39 is 51.0 Å². The van der Waals surface area contributed by atoms with Gasteiger partial charge in [-0.05, 0) is 12.5 Å². The van der Waals surface area contributed by atoms with Crippen LogP contribution in [0.4, 0.5) is 23.2 Å². The van der Waals surface area contributed by atoms with Crippen LogP contribution < -0.4 is 10.5 Å². The van der Waals surface area contributed by atoms with Crippen molar-refractivity contribution in [3.05, 3.63) is 57.0 Å². The standard InChI is InChI=1S/C16H13F4N3O4/c1-2-5-8-12(17)10(15(21)24)11(16(18,19)20)13(23(25)26)14(8)27-9-6-3-4-7-22-9/h3-4,6-7H,2,5H2,1H3,(H2,21,24). The Morgan fingerprint density at radius 2 is 2.04 bits per heavy atom. The average Bonchev–Trinajstić information content (AvgIpc) is 2.57.